The van der Waals surface area contributed by atoms with Crippen LogP contribution in [0.2, 0.25) is 0 Å². The summed E-state index contributed by atoms with van der Waals surface area (Å²) in [6.07, 6.45) is 3.20. The summed E-state index contributed by atoms with van der Waals surface area (Å²) < 4.78 is 18.8. The van der Waals surface area contributed by atoms with Gasteiger partial charge in [0.05, 0.1) is 23.8 Å². The van der Waals surface area contributed by atoms with Crippen molar-refractivity contribution in [3.05, 3.63) is 84.2 Å². The predicted octanol–water partition coefficient (Wildman–Crippen LogP) is 6.24. The molecule has 0 bridgehead atoms. The number of benzene rings is 2. The Labute approximate surface area is 173 Å². The van der Waals surface area contributed by atoms with Crippen LogP contribution in [0.15, 0.2) is 71.5 Å². The summed E-state index contributed by atoms with van der Waals surface area (Å²) in [7, 11) is 0. The Balaban J connectivity index is 0.00000124. The zero-order valence-corrected chi connectivity index (χ0v) is 16.9. The predicted molar refractivity (Wildman–Crippen MR) is 114 cm³/mol. The maximum absolute atomic E-state index is 13.7. The lowest BCUT2D eigenvalue weighted by molar-refractivity contribution is 0.0692. The highest BCUT2D eigenvalue weighted by molar-refractivity contribution is 5.90. The number of halogens is 1. The van der Waals surface area contributed by atoms with E-state index in [1.807, 2.05) is 57.2 Å². The average Bonchev–Trinajstić information content (AvgIpc) is 3.30. The molecule has 0 saturated heterocycles. The minimum atomic E-state index is -1.30. The van der Waals surface area contributed by atoms with Gasteiger partial charge in [0.25, 0.3) is 0 Å². The molecule has 30 heavy (non-hydrogen) atoms. The van der Waals surface area contributed by atoms with E-state index < -0.39 is 11.8 Å². The van der Waals surface area contributed by atoms with Crippen molar-refractivity contribution in [3.8, 4) is 33.8 Å². The topological polar surface area (TPSA) is 76.2 Å². The first-order chi connectivity index (χ1) is 14.5. The molecule has 152 valence electrons. The van der Waals surface area contributed by atoms with E-state index in [0.29, 0.717) is 11.4 Å². The molecule has 0 aliphatic heterocycles. The molecule has 2 aromatic heterocycles. The molecule has 1 N–H and O–H groups in total. The number of hydrogen-bond acceptors (Lipinski definition) is 4. The molecule has 2 aromatic carbocycles. The van der Waals surface area contributed by atoms with Gasteiger partial charge in [-0.25, -0.2) is 19.2 Å². The molecule has 6 heteroatoms. The van der Waals surface area contributed by atoms with Crippen LogP contribution < -0.4 is 0 Å². The molecule has 0 unspecified atom stereocenters. The standard InChI is InChI=1S/C22H15FN2O3.C2H6/c1-13-9-20(17-7-8-28-12-17)25-21(24-13)16-4-2-3-14(10-16)15-5-6-19(23)18(11-15)22(26)27;1-2/h2-12H,1H3,(H,26,27);1-2H3. The monoisotopic (exact) mass is 404 g/mol. The van der Waals surface area contributed by atoms with Crippen molar-refractivity contribution in [2.45, 2.75) is 20.8 Å². The van der Waals surface area contributed by atoms with Crippen LogP contribution in [0.3, 0.4) is 0 Å². The van der Waals surface area contributed by atoms with Crippen LogP contribution in [-0.4, -0.2) is 21.0 Å². The van der Waals surface area contributed by atoms with Gasteiger partial charge in [-0.05, 0) is 48.4 Å². The van der Waals surface area contributed by atoms with E-state index in [-0.39, 0.29) is 5.56 Å². The van der Waals surface area contributed by atoms with E-state index in [1.54, 1.807) is 18.6 Å². The summed E-state index contributed by atoms with van der Waals surface area (Å²) in [5, 5.41) is 9.15. The van der Waals surface area contributed by atoms with Crippen LogP contribution in [0, 0.1) is 12.7 Å². The first-order valence-electron chi connectivity index (χ1n) is 9.53. The number of carboxylic acid groups (broad SMARTS) is 1. The number of furan rings is 1. The molecule has 2 heterocycles. The highest BCUT2D eigenvalue weighted by atomic mass is 19.1. The molecule has 0 radical (unpaired) electrons. The summed E-state index contributed by atoms with van der Waals surface area (Å²) in [6.45, 7) is 5.89. The molecule has 0 fully saturated rings. The Kier molecular flexibility index (Phi) is 6.37. The summed E-state index contributed by atoms with van der Waals surface area (Å²) in [5.74, 6) is -1.53. The molecule has 4 aromatic rings. The van der Waals surface area contributed by atoms with Crippen molar-refractivity contribution < 1.29 is 18.7 Å². The van der Waals surface area contributed by atoms with Crippen LogP contribution in [0.4, 0.5) is 4.39 Å². The van der Waals surface area contributed by atoms with Crippen LogP contribution in [0.5, 0.6) is 0 Å². The lowest BCUT2D eigenvalue weighted by atomic mass is 10.0. The van der Waals surface area contributed by atoms with Crippen molar-refractivity contribution in [1.29, 1.82) is 0 Å². The molecule has 0 aliphatic carbocycles. The van der Waals surface area contributed by atoms with Gasteiger partial charge in [-0.1, -0.05) is 38.1 Å². The number of hydrogen-bond donors (Lipinski definition) is 1. The molecular formula is C24H21FN2O3. The Hall–Kier alpha value is -3.80. The van der Waals surface area contributed by atoms with Gasteiger partial charge in [-0.2, -0.15) is 0 Å². The smallest absolute Gasteiger partial charge is 0.338 e. The third-order valence-electron chi connectivity index (χ3n) is 4.32. The Morgan fingerprint density at radius 3 is 2.37 bits per heavy atom. The van der Waals surface area contributed by atoms with Crippen molar-refractivity contribution in [3.63, 3.8) is 0 Å². The Morgan fingerprint density at radius 2 is 1.67 bits per heavy atom. The zero-order chi connectivity index (χ0) is 21.7. The molecule has 0 aliphatic rings. The van der Waals surface area contributed by atoms with Gasteiger partial charge in [0.2, 0.25) is 0 Å². The van der Waals surface area contributed by atoms with Gasteiger partial charge in [-0.3, -0.25) is 0 Å². The van der Waals surface area contributed by atoms with Crippen molar-refractivity contribution in [2.75, 3.05) is 0 Å². The van der Waals surface area contributed by atoms with Crippen LogP contribution in [0.25, 0.3) is 33.8 Å². The van der Waals surface area contributed by atoms with Crippen molar-refractivity contribution >= 4 is 5.97 Å². The van der Waals surface area contributed by atoms with Gasteiger partial charge in [0, 0.05) is 16.8 Å². The Morgan fingerprint density at radius 1 is 0.933 bits per heavy atom. The molecular weight excluding hydrogens is 383 g/mol. The van der Waals surface area contributed by atoms with E-state index in [1.165, 1.54) is 6.07 Å². The highest BCUT2D eigenvalue weighted by Gasteiger charge is 2.13. The first-order valence-corrected chi connectivity index (χ1v) is 9.53. The maximum Gasteiger partial charge on any atom is 0.338 e. The summed E-state index contributed by atoms with van der Waals surface area (Å²) in [4.78, 5) is 20.3. The second-order valence-corrected chi connectivity index (χ2v) is 6.31. The maximum atomic E-state index is 13.7. The summed E-state index contributed by atoms with van der Waals surface area (Å²) >= 11 is 0. The molecule has 0 saturated carbocycles. The first kappa shape index (κ1) is 20.9. The van der Waals surface area contributed by atoms with Crippen molar-refractivity contribution in [2.24, 2.45) is 0 Å². The van der Waals surface area contributed by atoms with Gasteiger partial charge in [-0.15, -0.1) is 0 Å². The van der Waals surface area contributed by atoms with Crippen LogP contribution in [-0.2, 0) is 0 Å². The third-order valence-corrected chi connectivity index (χ3v) is 4.32. The number of nitrogens with zero attached hydrogens (tertiary/aromatic N) is 2. The molecule has 0 atom stereocenters. The second kappa shape index (κ2) is 9.13. The normalized spacial score (nSPS) is 10.3. The van der Waals surface area contributed by atoms with Gasteiger partial charge < -0.3 is 9.52 Å². The summed E-state index contributed by atoms with van der Waals surface area (Å²) in [5.41, 5.74) is 4.16. The second-order valence-electron chi connectivity index (χ2n) is 6.31. The largest absolute Gasteiger partial charge is 0.478 e. The number of aryl methyl sites for hydroxylation is 1. The lowest BCUT2D eigenvalue weighted by Crippen LogP contribution is -2.00. The third kappa shape index (κ3) is 4.43. The fourth-order valence-corrected chi connectivity index (χ4v) is 2.96. The average molecular weight is 404 g/mol. The fourth-order valence-electron chi connectivity index (χ4n) is 2.96. The fraction of sp³-hybridized carbons (Fsp3) is 0.125. The zero-order valence-electron chi connectivity index (χ0n) is 16.9. The number of rotatable bonds is 4. The molecule has 4 rings (SSSR count). The number of carbonyl (C=O) groups is 1. The SMILES string of the molecule is CC.Cc1cc(-c2ccoc2)nc(-c2cccc(-c3ccc(F)c(C(=O)O)c3)c2)n1. The van der Waals surface area contributed by atoms with Gasteiger partial charge >= 0.3 is 5.97 Å². The minimum absolute atomic E-state index is 0.364. The molecule has 0 amide bonds. The molecule has 5 nitrogen and oxygen atoms in total. The van der Waals surface area contributed by atoms with Gasteiger partial charge in [0.1, 0.15) is 5.82 Å². The van der Waals surface area contributed by atoms with E-state index in [0.717, 1.165) is 34.1 Å². The van der Waals surface area contributed by atoms with Crippen molar-refractivity contribution in [1.82, 2.24) is 9.97 Å². The van der Waals surface area contributed by atoms with Gasteiger partial charge in [0.15, 0.2) is 5.82 Å². The number of aromatic carboxylic acids is 1. The van der Waals surface area contributed by atoms with E-state index in [4.69, 9.17) is 9.52 Å². The number of aromatic nitrogens is 2. The van der Waals surface area contributed by atoms with E-state index in [2.05, 4.69) is 9.97 Å². The Bertz CT molecular complexity index is 1170. The minimum Gasteiger partial charge on any atom is -0.478 e. The lowest BCUT2D eigenvalue weighted by Gasteiger charge is -2.08. The van der Waals surface area contributed by atoms with Crippen LogP contribution >= 0.6 is 0 Å². The van der Waals surface area contributed by atoms with Crippen LogP contribution in [0.1, 0.15) is 29.9 Å². The highest BCUT2D eigenvalue weighted by Crippen LogP contribution is 2.28. The van der Waals surface area contributed by atoms with E-state index >= 15 is 0 Å². The quantitative estimate of drug-likeness (QED) is 0.435. The number of carboxylic acids is 1. The summed E-state index contributed by atoms with van der Waals surface area (Å²) in [6, 6.07) is 15.1. The van der Waals surface area contributed by atoms with E-state index in [9.17, 15) is 9.18 Å². The molecule has 0 spiro atoms.